The van der Waals surface area contributed by atoms with Gasteiger partial charge in [0.25, 0.3) is 0 Å². The minimum atomic E-state index is -1.22. The molecule has 0 radical (unpaired) electrons. The molecule has 1 rings (SSSR count). The number of aliphatic carboxylic acids is 2. The van der Waals surface area contributed by atoms with Crippen LogP contribution < -0.4 is 4.74 Å². The smallest absolute Gasteiger partial charge is 0.313 e. The molecule has 0 saturated heterocycles. The second-order valence-electron chi connectivity index (χ2n) is 3.11. The van der Waals surface area contributed by atoms with Gasteiger partial charge in [-0.15, -0.1) is 0 Å². The molecule has 0 aliphatic carbocycles. The number of carboxylic acid groups (broad SMARTS) is 2. The molecule has 0 spiro atoms. The number of carboxylic acids is 2. The summed E-state index contributed by atoms with van der Waals surface area (Å²) in [6, 6.07) is 2.98. The molecule has 6 nitrogen and oxygen atoms in total. The maximum atomic E-state index is 10.9. The SMILES string of the molecule is COc1ccnc(C(CC(=O)O)C(=O)O)c1. The lowest BCUT2D eigenvalue weighted by Crippen LogP contribution is -2.17. The molecule has 0 saturated carbocycles. The molecule has 0 aliphatic heterocycles. The Morgan fingerprint density at radius 3 is 2.69 bits per heavy atom. The first-order valence-electron chi connectivity index (χ1n) is 4.49. The van der Waals surface area contributed by atoms with E-state index in [2.05, 4.69) is 4.98 Å². The van der Waals surface area contributed by atoms with Crippen molar-refractivity contribution in [3.05, 3.63) is 24.0 Å². The summed E-state index contributed by atoms with van der Waals surface area (Å²) in [5, 5.41) is 17.5. The first-order valence-corrected chi connectivity index (χ1v) is 4.49. The van der Waals surface area contributed by atoms with Gasteiger partial charge in [-0.3, -0.25) is 14.6 Å². The van der Waals surface area contributed by atoms with Gasteiger partial charge in [0.2, 0.25) is 0 Å². The molecule has 16 heavy (non-hydrogen) atoms. The van der Waals surface area contributed by atoms with Crippen LogP contribution in [-0.2, 0) is 9.59 Å². The summed E-state index contributed by atoms with van der Waals surface area (Å²) in [6.07, 6.45) is 0.876. The summed E-state index contributed by atoms with van der Waals surface area (Å²) in [5.41, 5.74) is 0.175. The summed E-state index contributed by atoms with van der Waals surface area (Å²) in [5.74, 6) is -3.12. The fourth-order valence-electron chi connectivity index (χ4n) is 1.24. The molecule has 0 fully saturated rings. The van der Waals surface area contributed by atoms with Crippen LogP contribution in [0.4, 0.5) is 0 Å². The van der Waals surface area contributed by atoms with Crippen LogP contribution in [0.5, 0.6) is 5.75 Å². The molecule has 0 amide bonds. The van der Waals surface area contributed by atoms with Crippen molar-refractivity contribution in [3.8, 4) is 5.75 Å². The van der Waals surface area contributed by atoms with E-state index < -0.39 is 24.3 Å². The highest BCUT2D eigenvalue weighted by Crippen LogP contribution is 2.21. The average Bonchev–Trinajstić information content (AvgIpc) is 2.25. The van der Waals surface area contributed by atoms with Crippen molar-refractivity contribution in [2.75, 3.05) is 7.11 Å². The van der Waals surface area contributed by atoms with Gasteiger partial charge in [-0.1, -0.05) is 0 Å². The van der Waals surface area contributed by atoms with Gasteiger partial charge in [-0.2, -0.15) is 0 Å². The Morgan fingerprint density at radius 2 is 2.19 bits per heavy atom. The lowest BCUT2D eigenvalue weighted by molar-refractivity contribution is -0.145. The van der Waals surface area contributed by atoms with Crippen molar-refractivity contribution in [3.63, 3.8) is 0 Å². The van der Waals surface area contributed by atoms with Crippen LogP contribution in [0.1, 0.15) is 18.0 Å². The quantitative estimate of drug-likeness (QED) is 0.766. The zero-order valence-electron chi connectivity index (χ0n) is 8.58. The van der Waals surface area contributed by atoms with E-state index in [0.717, 1.165) is 0 Å². The van der Waals surface area contributed by atoms with E-state index in [1.54, 1.807) is 6.07 Å². The third kappa shape index (κ3) is 2.94. The number of carbonyl (C=O) groups is 2. The largest absolute Gasteiger partial charge is 0.497 e. The molecular formula is C10H11NO5. The molecule has 6 heteroatoms. The van der Waals surface area contributed by atoms with Gasteiger partial charge >= 0.3 is 11.9 Å². The molecule has 1 atom stereocenters. The second-order valence-corrected chi connectivity index (χ2v) is 3.11. The van der Waals surface area contributed by atoms with E-state index in [1.165, 1.54) is 19.4 Å². The monoisotopic (exact) mass is 225 g/mol. The van der Waals surface area contributed by atoms with E-state index in [9.17, 15) is 9.59 Å². The van der Waals surface area contributed by atoms with Gasteiger partial charge in [0.1, 0.15) is 11.7 Å². The average molecular weight is 225 g/mol. The van der Waals surface area contributed by atoms with Gasteiger partial charge < -0.3 is 14.9 Å². The highest BCUT2D eigenvalue weighted by atomic mass is 16.5. The van der Waals surface area contributed by atoms with Crippen molar-refractivity contribution in [1.29, 1.82) is 0 Å². The lowest BCUT2D eigenvalue weighted by atomic mass is 10.0. The zero-order valence-corrected chi connectivity index (χ0v) is 8.58. The summed E-state index contributed by atoms with van der Waals surface area (Å²) < 4.78 is 4.91. The number of ether oxygens (including phenoxy) is 1. The summed E-state index contributed by atoms with van der Waals surface area (Å²) in [6.45, 7) is 0. The number of hydrogen-bond donors (Lipinski definition) is 2. The van der Waals surface area contributed by atoms with E-state index in [-0.39, 0.29) is 5.69 Å². The van der Waals surface area contributed by atoms with Gasteiger partial charge in [0.15, 0.2) is 0 Å². The highest BCUT2D eigenvalue weighted by Gasteiger charge is 2.24. The van der Waals surface area contributed by atoms with Crippen LogP contribution in [0.3, 0.4) is 0 Å². The summed E-state index contributed by atoms with van der Waals surface area (Å²) in [4.78, 5) is 25.2. The number of pyridine rings is 1. The van der Waals surface area contributed by atoms with Gasteiger partial charge in [0, 0.05) is 12.3 Å². The molecule has 0 aromatic carbocycles. The number of rotatable bonds is 5. The van der Waals surface area contributed by atoms with E-state index in [0.29, 0.717) is 5.75 Å². The zero-order chi connectivity index (χ0) is 12.1. The minimum absolute atomic E-state index is 0.175. The third-order valence-corrected chi connectivity index (χ3v) is 2.02. The first-order chi connectivity index (χ1) is 7.54. The molecule has 1 aromatic rings. The minimum Gasteiger partial charge on any atom is -0.497 e. The molecule has 1 unspecified atom stereocenters. The lowest BCUT2D eigenvalue weighted by Gasteiger charge is -2.10. The van der Waals surface area contributed by atoms with Crippen LogP contribution in [0, 0.1) is 0 Å². The highest BCUT2D eigenvalue weighted by molar-refractivity contribution is 5.82. The van der Waals surface area contributed by atoms with Crippen molar-refractivity contribution in [2.45, 2.75) is 12.3 Å². The van der Waals surface area contributed by atoms with Crippen molar-refractivity contribution in [1.82, 2.24) is 4.98 Å². The summed E-state index contributed by atoms with van der Waals surface area (Å²) >= 11 is 0. The number of methoxy groups -OCH3 is 1. The molecule has 2 N–H and O–H groups in total. The summed E-state index contributed by atoms with van der Waals surface area (Å²) in [7, 11) is 1.44. The molecule has 0 aliphatic rings. The van der Waals surface area contributed by atoms with Crippen molar-refractivity contribution in [2.24, 2.45) is 0 Å². The number of aromatic nitrogens is 1. The Kier molecular flexibility index (Phi) is 3.82. The fraction of sp³-hybridized carbons (Fsp3) is 0.300. The van der Waals surface area contributed by atoms with Crippen LogP contribution >= 0.6 is 0 Å². The van der Waals surface area contributed by atoms with Crippen molar-refractivity contribution < 1.29 is 24.5 Å². The first kappa shape index (κ1) is 12.0. The maximum Gasteiger partial charge on any atom is 0.313 e. The molecular weight excluding hydrogens is 214 g/mol. The van der Waals surface area contributed by atoms with Crippen LogP contribution in [-0.4, -0.2) is 34.2 Å². The normalized spacial score (nSPS) is 11.8. The Balaban J connectivity index is 3.00. The molecule has 1 heterocycles. The van der Waals surface area contributed by atoms with Crippen LogP contribution in [0.2, 0.25) is 0 Å². The molecule has 0 bridgehead atoms. The van der Waals surface area contributed by atoms with Gasteiger partial charge in [0.05, 0.1) is 19.2 Å². The standard InChI is InChI=1S/C10H11NO5/c1-16-6-2-3-11-8(4-6)7(10(14)15)5-9(12)13/h2-4,7H,5H2,1H3,(H,12,13)(H,14,15). The topological polar surface area (TPSA) is 96.7 Å². The Morgan fingerprint density at radius 1 is 1.50 bits per heavy atom. The Hall–Kier alpha value is -2.11. The molecule has 1 aromatic heterocycles. The van der Waals surface area contributed by atoms with E-state index >= 15 is 0 Å². The number of hydrogen-bond acceptors (Lipinski definition) is 4. The Bertz CT molecular complexity index is 404. The van der Waals surface area contributed by atoms with Crippen LogP contribution in [0.15, 0.2) is 18.3 Å². The third-order valence-electron chi connectivity index (χ3n) is 2.02. The van der Waals surface area contributed by atoms with E-state index in [1.807, 2.05) is 0 Å². The second kappa shape index (κ2) is 5.11. The fourth-order valence-corrected chi connectivity index (χ4v) is 1.24. The number of nitrogens with zero attached hydrogens (tertiary/aromatic N) is 1. The molecule has 86 valence electrons. The van der Waals surface area contributed by atoms with Crippen LogP contribution in [0.25, 0.3) is 0 Å². The Labute approximate surface area is 91.5 Å². The van der Waals surface area contributed by atoms with Crippen molar-refractivity contribution >= 4 is 11.9 Å². The maximum absolute atomic E-state index is 10.9. The predicted octanol–water partition coefficient (Wildman–Crippen LogP) is 0.733. The van der Waals surface area contributed by atoms with E-state index in [4.69, 9.17) is 14.9 Å². The predicted molar refractivity (Wildman–Crippen MR) is 53.4 cm³/mol. The van der Waals surface area contributed by atoms with Gasteiger partial charge in [-0.25, -0.2) is 0 Å². The van der Waals surface area contributed by atoms with Gasteiger partial charge in [-0.05, 0) is 6.07 Å².